The van der Waals surface area contributed by atoms with Crippen LogP contribution in [0.5, 0.6) is 0 Å². The van der Waals surface area contributed by atoms with Gasteiger partial charge in [0.2, 0.25) is 0 Å². The van der Waals surface area contributed by atoms with Crippen molar-refractivity contribution in [1.82, 2.24) is 4.98 Å². The van der Waals surface area contributed by atoms with E-state index < -0.39 is 0 Å². The van der Waals surface area contributed by atoms with Crippen LogP contribution in [0.25, 0.3) is 0 Å². The molecule has 0 aliphatic rings. The fourth-order valence-corrected chi connectivity index (χ4v) is 1.91. The molecule has 1 aromatic rings. The number of thiocarbonyl (C=S) groups is 1. The summed E-state index contributed by atoms with van der Waals surface area (Å²) < 4.78 is 5.67. The molecule has 0 fully saturated rings. The van der Waals surface area contributed by atoms with E-state index in [9.17, 15) is 0 Å². The number of rotatable bonds is 7. The van der Waals surface area contributed by atoms with Crippen molar-refractivity contribution in [3.05, 3.63) is 29.6 Å². The molecule has 17 heavy (non-hydrogen) atoms. The van der Waals surface area contributed by atoms with E-state index in [0.29, 0.717) is 23.2 Å². The molecule has 1 rings (SSSR count). The van der Waals surface area contributed by atoms with Gasteiger partial charge in [0.1, 0.15) is 10.7 Å². The summed E-state index contributed by atoms with van der Waals surface area (Å²) in [6.07, 6.45) is 4.07. The average molecular weight is 252 g/mol. The van der Waals surface area contributed by atoms with Gasteiger partial charge >= 0.3 is 0 Å². The van der Waals surface area contributed by atoms with Gasteiger partial charge in [-0.25, -0.2) is 0 Å². The van der Waals surface area contributed by atoms with Gasteiger partial charge in [0.15, 0.2) is 0 Å². The first-order chi connectivity index (χ1) is 8.15. The number of ether oxygens (including phenoxy) is 1. The Morgan fingerprint density at radius 3 is 3.00 bits per heavy atom. The Balaban J connectivity index is 2.49. The minimum Gasteiger partial charge on any atom is -0.388 e. The largest absolute Gasteiger partial charge is 0.388 e. The van der Waals surface area contributed by atoms with Crippen molar-refractivity contribution in [2.75, 3.05) is 6.61 Å². The number of aromatic nitrogens is 1. The van der Waals surface area contributed by atoms with E-state index in [1.54, 1.807) is 6.20 Å². The summed E-state index contributed by atoms with van der Waals surface area (Å²) in [7, 11) is 0. The van der Waals surface area contributed by atoms with Gasteiger partial charge in [0, 0.05) is 18.4 Å². The average Bonchev–Trinajstić information content (AvgIpc) is 2.30. The maximum Gasteiger partial charge on any atom is 0.123 e. The molecule has 1 heterocycles. The van der Waals surface area contributed by atoms with E-state index in [4.69, 9.17) is 22.7 Å². The first kappa shape index (κ1) is 14.1. The van der Waals surface area contributed by atoms with Crippen LogP contribution in [-0.2, 0) is 11.3 Å². The van der Waals surface area contributed by atoms with Gasteiger partial charge in [-0.1, -0.05) is 38.6 Å². The number of pyridine rings is 1. The van der Waals surface area contributed by atoms with Gasteiger partial charge in [-0.3, -0.25) is 4.98 Å². The monoisotopic (exact) mass is 252 g/mol. The van der Waals surface area contributed by atoms with E-state index in [1.807, 2.05) is 12.1 Å². The van der Waals surface area contributed by atoms with E-state index in [0.717, 1.165) is 12.2 Å². The lowest BCUT2D eigenvalue weighted by atomic mass is 10.1. The van der Waals surface area contributed by atoms with Crippen LogP contribution in [0.1, 0.15) is 37.9 Å². The summed E-state index contributed by atoms with van der Waals surface area (Å²) in [6.45, 7) is 5.66. The van der Waals surface area contributed by atoms with Crippen LogP contribution in [0.15, 0.2) is 18.3 Å². The fourth-order valence-electron chi connectivity index (χ4n) is 1.72. The molecule has 1 unspecified atom stereocenters. The van der Waals surface area contributed by atoms with E-state index in [2.05, 4.69) is 18.8 Å². The van der Waals surface area contributed by atoms with E-state index in [1.165, 1.54) is 12.8 Å². The van der Waals surface area contributed by atoms with Crippen molar-refractivity contribution < 1.29 is 4.74 Å². The minimum atomic E-state index is 0.325. The molecule has 94 valence electrons. The van der Waals surface area contributed by atoms with Gasteiger partial charge < -0.3 is 10.5 Å². The predicted octanol–water partition coefficient (Wildman–Crippen LogP) is 2.67. The molecular formula is C13H20N2OS. The maximum absolute atomic E-state index is 5.67. The summed E-state index contributed by atoms with van der Waals surface area (Å²) in [5.41, 5.74) is 7.24. The summed E-state index contributed by atoms with van der Waals surface area (Å²) in [5, 5.41) is 0. The van der Waals surface area contributed by atoms with Crippen molar-refractivity contribution >= 4 is 17.2 Å². The Bertz CT molecular complexity index is 368. The Morgan fingerprint density at radius 1 is 1.59 bits per heavy atom. The van der Waals surface area contributed by atoms with Crippen molar-refractivity contribution in [2.24, 2.45) is 11.7 Å². The molecule has 0 aromatic carbocycles. The van der Waals surface area contributed by atoms with E-state index in [-0.39, 0.29) is 0 Å². The second-order valence-electron chi connectivity index (χ2n) is 4.28. The second kappa shape index (κ2) is 7.35. The highest BCUT2D eigenvalue weighted by atomic mass is 32.1. The van der Waals surface area contributed by atoms with Gasteiger partial charge in [-0.15, -0.1) is 0 Å². The zero-order valence-electron chi connectivity index (χ0n) is 10.5. The van der Waals surface area contributed by atoms with Gasteiger partial charge in [0.05, 0.1) is 6.61 Å². The van der Waals surface area contributed by atoms with Crippen molar-refractivity contribution in [1.29, 1.82) is 0 Å². The summed E-state index contributed by atoms with van der Waals surface area (Å²) in [5.74, 6) is 0.588. The Morgan fingerprint density at radius 2 is 2.35 bits per heavy atom. The third kappa shape index (κ3) is 4.79. The zero-order valence-corrected chi connectivity index (χ0v) is 11.3. The summed E-state index contributed by atoms with van der Waals surface area (Å²) in [4.78, 5) is 4.49. The van der Waals surface area contributed by atoms with Crippen molar-refractivity contribution in [3.8, 4) is 0 Å². The molecule has 2 N–H and O–H groups in total. The Labute approximate surface area is 108 Å². The minimum absolute atomic E-state index is 0.325. The van der Waals surface area contributed by atoms with Crippen LogP contribution in [0.4, 0.5) is 0 Å². The molecule has 0 radical (unpaired) electrons. The third-order valence-corrected chi connectivity index (χ3v) is 2.76. The van der Waals surface area contributed by atoms with Crippen LogP contribution in [0.2, 0.25) is 0 Å². The van der Waals surface area contributed by atoms with Crippen molar-refractivity contribution in [2.45, 2.75) is 33.3 Å². The quantitative estimate of drug-likeness (QED) is 0.758. The zero-order chi connectivity index (χ0) is 12.7. The Hall–Kier alpha value is -1.00. The molecular weight excluding hydrogens is 232 g/mol. The fraction of sp³-hybridized carbons (Fsp3) is 0.538. The third-order valence-electron chi connectivity index (χ3n) is 2.57. The summed E-state index contributed by atoms with van der Waals surface area (Å²) >= 11 is 4.95. The highest BCUT2D eigenvalue weighted by Gasteiger charge is 2.07. The van der Waals surface area contributed by atoms with Crippen molar-refractivity contribution in [3.63, 3.8) is 0 Å². The molecule has 0 saturated carbocycles. The number of nitrogens with zero attached hydrogens (tertiary/aromatic N) is 1. The topological polar surface area (TPSA) is 48.1 Å². The molecule has 0 aliphatic heterocycles. The first-order valence-electron chi connectivity index (χ1n) is 5.96. The normalized spacial score (nSPS) is 12.4. The SMILES string of the molecule is CCCC(C)COCc1cccnc1C(N)=S. The highest BCUT2D eigenvalue weighted by Crippen LogP contribution is 2.10. The molecule has 0 spiro atoms. The standard InChI is InChI=1S/C13H20N2OS/c1-3-5-10(2)8-16-9-11-6-4-7-15-12(11)13(14)17/h4,6-7,10H,3,5,8-9H2,1-2H3,(H2,14,17). The number of hydrogen-bond acceptors (Lipinski definition) is 3. The maximum atomic E-state index is 5.67. The van der Waals surface area contributed by atoms with Gasteiger partial charge in [-0.05, 0) is 18.4 Å². The molecule has 0 saturated heterocycles. The molecule has 0 amide bonds. The van der Waals surface area contributed by atoms with Crippen LogP contribution >= 0.6 is 12.2 Å². The van der Waals surface area contributed by atoms with Crippen LogP contribution in [0.3, 0.4) is 0 Å². The first-order valence-corrected chi connectivity index (χ1v) is 6.37. The molecule has 3 nitrogen and oxygen atoms in total. The number of nitrogens with two attached hydrogens (primary N) is 1. The molecule has 1 aromatic heterocycles. The molecule has 0 bridgehead atoms. The van der Waals surface area contributed by atoms with Crippen LogP contribution < -0.4 is 5.73 Å². The second-order valence-corrected chi connectivity index (χ2v) is 4.72. The predicted molar refractivity (Wildman–Crippen MR) is 73.9 cm³/mol. The smallest absolute Gasteiger partial charge is 0.123 e. The Kier molecular flexibility index (Phi) is 6.08. The highest BCUT2D eigenvalue weighted by molar-refractivity contribution is 7.80. The lowest BCUT2D eigenvalue weighted by Crippen LogP contribution is -2.15. The summed E-state index contributed by atoms with van der Waals surface area (Å²) in [6, 6.07) is 3.82. The number of hydrogen-bond donors (Lipinski definition) is 1. The molecule has 0 aliphatic carbocycles. The lowest BCUT2D eigenvalue weighted by molar-refractivity contribution is 0.0891. The lowest BCUT2D eigenvalue weighted by Gasteiger charge is -2.12. The van der Waals surface area contributed by atoms with Gasteiger partial charge in [-0.2, -0.15) is 0 Å². The van der Waals surface area contributed by atoms with Crippen LogP contribution in [0, 0.1) is 5.92 Å². The molecule has 1 atom stereocenters. The van der Waals surface area contributed by atoms with Gasteiger partial charge in [0.25, 0.3) is 0 Å². The van der Waals surface area contributed by atoms with E-state index >= 15 is 0 Å². The molecule has 4 heteroatoms. The van der Waals surface area contributed by atoms with Crippen LogP contribution in [-0.4, -0.2) is 16.6 Å².